The second-order valence-corrected chi connectivity index (χ2v) is 4.27. The zero-order valence-corrected chi connectivity index (χ0v) is 9.56. The number of carbonyl (C=O) groups excluding carboxylic acids is 1. The van der Waals surface area contributed by atoms with Crippen LogP contribution in [0.2, 0.25) is 0 Å². The second-order valence-electron chi connectivity index (χ2n) is 4.27. The molecule has 4 heteroatoms. The topological polar surface area (TPSA) is 57.6 Å². The molecule has 1 aliphatic rings. The summed E-state index contributed by atoms with van der Waals surface area (Å²) in [4.78, 5) is 23.9. The Morgan fingerprint density at radius 3 is 2.65 bits per heavy atom. The Bertz CT molecular complexity index is 432. The van der Waals surface area contributed by atoms with Crippen molar-refractivity contribution in [2.24, 2.45) is 0 Å². The first-order valence-corrected chi connectivity index (χ1v) is 5.72. The average Bonchev–Trinajstić information content (AvgIpc) is 2.29. The van der Waals surface area contributed by atoms with Gasteiger partial charge in [0, 0.05) is 31.6 Å². The van der Waals surface area contributed by atoms with Crippen LogP contribution in [0.4, 0.5) is 5.69 Å². The maximum absolute atomic E-state index is 11.1. The molecule has 0 bridgehead atoms. The zero-order chi connectivity index (χ0) is 12.3. The fraction of sp³-hybridized carbons (Fsp3) is 0.385. The summed E-state index contributed by atoms with van der Waals surface area (Å²) < 4.78 is 0. The first-order valence-electron chi connectivity index (χ1n) is 5.72. The van der Waals surface area contributed by atoms with Crippen LogP contribution in [-0.2, 0) is 16.0 Å². The summed E-state index contributed by atoms with van der Waals surface area (Å²) in [6, 6.07) is 7.53. The molecule has 0 spiro atoms. The molecule has 17 heavy (non-hydrogen) atoms. The van der Waals surface area contributed by atoms with Crippen molar-refractivity contribution in [2.75, 3.05) is 18.0 Å². The van der Waals surface area contributed by atoms with E-state index in [4.69, 9.17) is 5.11 Å². The third-order valence-corrected chi connectivity index (χ3v) is 2.95. The van der Waals surface area contributed by atoms with E-state index >= 15 is 0 Å². The molecule has 90 valence electrons. The minimum Gasteiger partial charge on any atom is -0.481 e. The van der Waals surface area contributed by atoms with Crippen molar-refractivity contribution >= 4 is 17.4 Å². The predicted octanol–water partition coefficient (Wildman–Crippen LogP) is 1.48. The Hall–Kier alpha value is -1.84. The monoisotopic (exact) mass is 233 g/mol. The largest absolute Gasteiger partial charge is 0.481 e. The Morgan fingerprint density at radius 1 is 1.29 bits per heavy atom. The third kappa shape index (κ3) is 3.06. The van der Waals surface area contributed by atoms with Crippen LogP contribution in [-0.4, -0.2) is 29.9 Å². The first-order chi connectivity index (χ1) is 8.15. The van der Waals surface area contributed by atoms with E-state index in [1.807, 2.05) is 24.3 Å². The molecule has 1 fully saturated rings. The molecule has 1 aliphatic heterocycles. The second kappa shape index (κ2) is 4.99. The van der Waals surface area contributed by atoms with E-state index in [1.54, 1.807) is 0 Å². The number of nitrogens with zero attached hydrogens (tertiary/aromatic N) is 1. The smallest absolute Gasteiger partial charge is 0.307 e. The van der Waals surface area contributed by atoms with Gasteiger partial charge in [0.15, 0.2) is 0 Å². The molecule has 0 atom stereocenters. The number of aliphatic carboxylic acids is 1. The minimum atomic E-state index is -0.823. The highest BCUT2D eigenvalue weighted by atomic mass is 16.4. The van der Waals surface area contributed by atoms with Crippen molar-refractivity contribution in [3.05, 3.63) is 29.8 Å². The molecule has 0 amide bonds. The van der Waals surface area contributed by atoms with Gasteiger partial charge >= 0.3 is 5.97 Å². The summed E-state index contributed by atoms with van der Waals surface area (Å²) >= 11 is 0. The number of carboxylic acid groups (broad SMARTS) is 1. The summed E-state index contributed by atoms with van der Waals surface area (Å²) in [6.45, 7) is 1.46. The number of benzene rings is 1. The fourth-order valence-corrected chi connectivity index (χ4v) is 2.05. The molecule has 0 saturated carbocycles. The Morgan fingerprint density at radius 2 is 2.00 bits per heavy atom. The molecule has 0 radical (unpaired) electrons. The minimum absolute atomic E-state index is 0.0423. The molecule has 1 N–H and O–H groups in total. The Kier molecular flexibility index (Phi) is 3.42. The van der Waals surface area contributed by atoms with E-state index in [0.717, 1.165) is 24.3 Å². The van der Waals surface area contributed by atoms with Gasteiger partial charge in [-0.2, -0.15) is 0 Å². The number of ketones is 1. The number of carbonyl (C=O) groups is 2. The number of rotatable bonds is 3. The summed E-state index contributed by atoms with van der Waals surface area (Å²) in [7, 11) is 0. The molecule has 1 aromatic carbocycles. The molecule has 2 rings (SSSR count). The summed E-state index contributed by atoms with van der Waals surface area (Å²) in [5.41, 5.74) is 1.81. The fourth-order valence-electron chi connectivity index (χ4n) is 2.05. The van der Waals surface area contributed by atoms with Crippen molar-refractivity contribution in [1.29, 1.82) is 0 Å². The third-order valence-electron chi connectivity index (χ3n) is 2.95. The summed E-state index contributed by atoms with van der Waals surface area (Å²) in [5, 5.41) is 8.74. The van der Waals surface area contributed by atoms with Gasteiger partial charge in [0.1, 0.15) is 5.78 Å². The maximum Gasteiger partial charge on any atom is 0.307 e. The molecular formula is C13H15NO3. The van der Waals surface area contributed by atoms with Crippen LogP contribution >= 0.6 is 0 Å². The van der Waals surface area contributed by atoms with Crippen LogP contribution in [0.1, 0.15) is 18.4 Å². The van der Waals surface area contributed by atoms with Gasteiger partial charge in [-0.25, -0.2) is 0 Å². The van der Waals surface area contributed by atoms with Crippen LogP contribution < -0.4 is 4.90 Å². The van der Waals surface area contributed by atoms with Gasteiger partial charge in [0.2, 0.25) is 0 Å². The lowest BCUT2D eigenvalue weighted by atomic mass is 10.1. The van der Waals surface area contributed by atoms with Gasteiger partial charge in [-0.1, -0.05) is 12.1 Å². The van der Waals surface area contributed by atoms with E-state index in [0.29, 0.717) is 18.6 Å². The van der Waals surface area contributed by atoms with E-state index < -0.39 is 5.97 Å². The van der Waals surface area contributed by atoms with Crippen LogP contribution in [0, 0.1) is 0 Å². The highest BCUT2D eigenvalue weighted by molar-refractivity contribution is 5.81. The van der Waals surface area contributed by atoms with E-state index in [-0.39, 0.29) is 6.42 Å². The van der Waals surface area contributed by atoms with Crippen molar-refractivity contribution < 1.29 is 14.7 Å². The molecule has 1 heterocycles. The number of Topliss-reactive ketones (excluding diaryl/α,β-unsaturated/α-hetero) is 1. The number of hydrogen-bond acceptors (Lipinski definition) is 3. The van der Waals surface area contributed by atoms with Crippen LogP contribution in [0.15, 0.2) is 24.3 Å². The molecular weight excluding hydrogens is 218 g/mol. The van der Waals surface area contributed by atoms with Crippen molar-refractivity contribution in [3.8, 4) is 0 Å². The highest BCUT2D eigenvalue weighted by Crippen LogP contribution is 2.20. The predicted molar refractivity (Wildman–Crippen MR) is 64.2 cm³/mol. The lowest BCUT2D eigenvalue weighted by molar-refractivity contribution is -0.136. The molecule has 0 aromatic heterocycles. The average molecular weight is 233 g/mol. The van der Waals surface area contributed by atoms with E-state index in [2.05, 4.69) is 4.90 Å². The SMILES string of the molecule is O=C(O)Cc1cccc(N2CCC(=O)CC2)c1. The molecule has 1 aromatic rings. The van der Waals surface area contributed by atoms with Gasteiger partial charge in [0.05, 0.1) is 6.42 Å². The number of anilines is 1. The number of hydrogen-bond donors (Lipinski definition) is 1. The maximum atomic E-state index is 11.1. The zero-order valence-electron chi connectivity index (χ0n) is 9.56. The van der Waals surface area contributed by atoms with Crippen LogP contribution in [0.3, 0.4) is 0 Å². The van der Waals surface area contributed by atoms with Gasteiger partial charge in [0.25, 0.3) is 0 Å². The van der Waals surface area contributed by atoms with Gasteiger partial charge in [-0.3, -0.25) is 9.59 Å². The Labute approximate surface area is 99.9 Å². The van der Waals surface area contributed by atoms with Gasteiger partial charge < -0.3 is 10.0 Å². The number of piperidine rings is 1. The highest BCUT2D eigenvalue weighted by Gasteiger charge is 2.16. The lowest BCUT2D eigenvalue weighted by Crippen LogP contribution is -2.33. The normalized spacial score (nSPS) is 16.0. The standard InChI is InChI=1S/C13H15NO3/c15-12-4-6-14(7-5-12)11-3-1-2-10(8-11)9-13(16)17/h1-3,8H,4-7,9H2,(H,16,17). The van der Waals surface area contributed by atoms with Gasteiger partial charge in [-0.05, 0) is 17.7 Å². The van der Waals surface area contributed by atoms with E-state index in [1.165, 1.54) is 0 Å². The van der Waals surface area contributed by atoms with Crippen molar-refractivity contribution in [1.82, 2.24) is 0 Å². The molecule has 1 saturated heterocycles. The molecule has 0 aliphatic carbocycles. The van der Waals surface area contributed by atoms with Crippen LogP contribution in [0.25, 0.3) is 0 Å². The van der Waals surface area contributed by atoms with Crippen molar-refractivity contribution in [2.45, 2.75) is 19.3 Å². The van der Waals surface area contributed by atoms with Crippen LogP contribution in [0.5, 0.6) is 0 Å². The summed E-state index contributed by atoms with van der Waals surface area (Å²) in [6.07, 6.45) is 1.22. The molecule has 4 nitrogen and oxygen atoms in total. The summed E-state index contributed by atoms with van der Waals surface area (Å²) in [5.74, 6) is -0.515. The lowest BCUT2D eigenvalue weighted by Gasteiger charge is -2.28. The van der Waals surface area contributed by atoms with Gasteiger partial charge in [-0.15, -0.1) is 0 Å². The Balaban J connectivity index is 2.10. The quantitative estimate of drug-likeness (QED) is 0.859. The molecule has 0 unspecified atom stereocenters. The first kappa shape index (κ1) is 11.6. The number of carboxylic acids is 1. The van der Waals surface area contributed by atoms with E-state index in [9.17, 15) is 9.59 Å². The van der Waals surface area contributed by atoms with Crippen molar-refractivity contribution in [3.63, 3.8) is 0 Å².